The van der Waals surface area contributed by atoms with E-state index in [9.17, 15) is 14.1 Å². The predicted molar refractivity (Wildman–Crippen MR) is 141 cm³/mol. The molecule has 3 rings (SSSR count). The number of halogens is 1. The van der Waals surface area contributed by atoms with Crippen molar-refractivity contribution in [1.82, 2.24) is 14.7 Å². The summed E-state index contributed by atoms with van der Waals surface area (Å²) in [6, 6.07) is 6.80. The third-order valence-electron chi connectivity index (χ3n) is 4.74. The molecule has 0 spiro atoms. The maximum atomic E-state index is 12.9. The highest BCUT2D eigenvalue weighted by Gasteiger charge is 2.17. The average molecular weight is 569 g/mol. The number of nitrogens with zero attached hydrogens (tertiary/aromatic N) is 2. The van der Waals surface area contributed by atoms with E-state index in [1.165, 1.54) is 0 Å². The molecule has 0 aliphatic rings. The molecule has 2 aromatic heterocycles. The standard InChI is InChI=1S/C22H26BrN5O4S2/c1-4-15(12-29)25-20-17(14-8-9-33-13-14)11-24-21(27-20)26-16-6-7-19(18(23)10-16)34(3,31)28-22(30)32-5-2/h6-11,13,15,29H,3-5,12H2,1-2H3,(H,28,30,31)(H2,24,25,26,27)/t15-,34?/m1/s1. The van der Waals surface area contributed by atoms with Gasteiger partial charge in [-0.05, 0) is 75.7 Å². The average Bonchev–Trinajstić information content (AvgIpc) is 3.32. The van der Waals surface area contributed by atoms with Crippen molar-refractivity contribution in [2.24, 2.45) is 0 Å². The summed E-state index contributed by atoms with van der Waals surface area (Å²) in [7, 11) is -3.12. The molecular weight excluding hydrogens is 542 g/mol. The molecule has 9 nitrogen and oxygen atoms in total. The minimum atomic E-state index is -3.12. The molecule has 12 heteroatoms. The van der Waals surface area contributed by atoms with Crippen molar-refractivity contribution in [3.63, 3.8) is 0 Å². The molecule has 0 bridgehead atoms. The van der Waals surface area contributed by atoms with Crippen LogP contribution in [0.5, 0.6) is 0 Å². The van der Waals surface area contributed by atoms with Gasteiger partial charge in [-0.15, -0.1) is 0 Å². The Morgan fingerprint density at radius 3 is 2.76 bits per heavy atom. The molecule has 0 aliphatic carbocycles. The Hall–Kier alpha value is -2.67. The molecule has 2 atom stereocenters. The van der Waals surface area contributed by atoms with Gasteiger partial charge in [0.1, 0.15) is 5.82 Å². The van der Waals surface area contributed by atoms with Crippen LogP contribution in [0.3, 0.4) is 0 Å². The first-order chi connectivity index (χ1) is 16.3. The van der Waals surface area contributed by atoms with Crippen LogP contribution in [0.15, 0.2) is 50.6 Å². The topological polar surface area (TPSA) is 125 Å². The van der Waals surface area contributed by atoms with E-state index in [0.29, 0.717) is 26.8 Å². The Morgan fingerprint density at radius 2 is 2.15 bits per heavy atom. The summed E-state index contributed by atoms with van der Waals surface area (Å²) in [5, 5.41) is 20.0. The second-order valence-electron chi connectivity index (χ2n) is 7.17. The number of aliphatic hydroxyl groups excluding tert-OH is 1. The lowest BCUT2D eigenvalue weighted by Crippen LogP contribution is -2.31. The molecule has 0 aliphatic heterocycles. The van der Waals surface area contributed by atoms with Crippen LogP contribution in [0.1, 0.15) is 20.3 Å². The van der Waals surface area contributed by atoms with E-state index < -0.39 is 15.8 Å². The lowest BCUT2D eigenvalue weighted by molar-refractivity contribution is 0.159. The lowest BCUT2D eigenvalue weighted by Gasteiger charge is -2.18. The highest BCUT2D eigenvalue weighted by molar-refractivity contribution is 9.10. The number of anilines is 3. The number of thiophene rings is 1. The van der Waals surface area contributed by atoms with Crippen molar-refractivity contribution < 1.29 is 18.8 Å². The Kier molecular flexibility index (Phi) is 8.89. The Bertz CT molecular complexity index is 1230. The zero-order valence-electron chi connectivity index (χ0n) is 18.7. The SMILES string of the molecule is C=S(=O)(NC(=O)OCC)c1ccc(Nc2ncc(-c3ccsc3)c(N[C@H](CC)CO)n2)cc1Br. The van der Waals surface area contributed by atoms with Crippen LogP contribution in [0.2, 0.25) is 0 Å². The van der Waals surface area contributed by atoms with Crippen LogP contribution in [0.4, 0.5) is 22.2 Å². The first-order valence-electron chi connectivity index (χ1n) is 10.4. The summed E-state index contributed by atoms with van der Waals surface area (Å²) in [6.07, 6.45) is 1.65. The van der Waals surface area contributed by atoms with Gasteiger partial charge in [-0.3, -0.25) is 0 Å². The van der Waals surface area contributed by atoms with Gasteiger partial charge in [0.2, 0.25) is 5.95 Å². The van der Waals surface area contributed by atoms with Crippen LogP contribution >= 0.6 is 27.3 Å². The van der Waals surface area contributed by atoms with Crippen molar-refractivity contribution in [3.05, 3.63) is 45.7 Å². The number of hydrogen-bond acceptors (Lipinski definition) is 9. The van der Waals surface area contributed by atoms with Gasteiger partial charge < -0.3 is 20.5 Å². The molecule has 0 radical (unpaired) electrons. The summed E-state index contributed by atoms with van der Waals surface area (Å²) >= 11 is 4.97. The third kappa shape index (κ3) is 6.47. The predicted octanol–water partition coefficient (Wildman–Crippen LogP) is 4.63. The van der Waals surface area contributed by atoms with Gasteiger partial charge in [0.05, 0.1) is 33.9 Å². The number of ether oxygens (including phenoxy) is 1. The number of carbonyl (C=O) groups excluding carboxylic acids is 1. The van der Waals surface area contributed by atoms with Crippen LogP contribution < -0.4 is 15.4 Å². The van der Waals surface area contributed by atoms with E-state index in [4.69, 9.17) is 4.74 Å². The number of aliphatic hydroxyl groups is 1. The second-order valence-corrected chi connectivity index (χ2v) is 10.8. The molecule has 0 saturated carbocycles. The van der Waals surface area contributed by atoms with Crippen LogP contribution in [-0.4, -0.2) is 50.5 Å². The van der Waals surface area contributed by atoms with E-state index in [2.05, 4.69) is 47.1 Å². The van der Waals surface area contributed by atoms with Crippen molar-refractivity contribution in [2.75, 3.05) is 23.8 Å². The molecule has 0 saturated heterocycles. The molecule has 4 N–H and O–H groups in total. The number of carbonyl (C=O) groups is 1. The van der Waals surface area contributed by atoms with E-state index in [1.54, 1.807) is 42.7 Å². The zero-order valence-corrected chi connectivity index (χ0v) is 21.9. The normalized spacial score (nSPS) is 13.5. The van der Waals surface area contributed by atoms with Gasteiger partial charge in [0.25, 0.3) is 0 Å². The zero-order chi connectivity index (χ0) is 24.7. The van der Waals surface area contributed by atoms with E-state index in [1.807, 2.05) is 23.8 Å². The quantitative estimate of drug-likeness (QED) is 0.261. The first-order valence-corrected chi connectivity index (χ1v) is 13.9. The number of rotatable bonds is 10. The number of benzene rings is 1. The van der Waals surface area contributed by atoms with Gasteiger partial charge >= 0.3 is 6.09 Å². The first kappa shape index (κ1) is 25.9. The highest BCUT2D eigenvalue weighted by Crippen LogP contribution is 2.31. The van der Waals surface area contributed by atoms with Gasteiger partial charge in [0, 0.05) is 21.9 Å². The molecule has 182 valence electrons. The van der Waals surface area contributed by atoms with Crippen LogP contribution in [0.25, 0.3) is 11.1 Å². The fourth-order valence-electron chi connectivity index (χ4n) is 2.98. The van der Waals surface area contributed by atoms with Crippen molar-refractivity contribution >= 4 is 66.4 Å². The number of amides is 1. The molecule has 34 heavy (non-hydrogen) atoms. The molecule has 3 aromatic rings. The van der Waals surface area contributed by atoms with E-state index >= 15 is 0 Å². The lowest BCUT2D eigenvalue weighted by atomic mass is 10.1. The van der Waals surface area contributed by atoms with Crippen molar-refractivity contribution in [2.45, 2.75) is 31.2 Å². The smallest absolute Gasteiger partial charge is 0.418 e. The molecule has 1 unspecified atom stereocenters. The summed E-state index contributed by atoms with van der Waals surface area (Å²) in [5.41, 5.74) is 2.45. The van der Waals surface area contributed by atoms with Gasteiger partial charge in [0.15, 0.2) is 0 Å². The summed E-state index contributed by atoms with van der Waals surface area (Å²) in [4.78, 5) is 21.1. The molecule has 1 amide bonds. The molecule has 1 aromatic carbocycles. The maximum absolute atomic E-state index is 12.9. The maximum Gasteiger partial charge on any atom is 0.418 e. The second kappa shape index (κ2) is 11.6. The minimum absolute atomic E-state index is 0.0229. The van der Waals surface area contributed by atoms with Gasteiger partial charge in [-0.25, -0.2) is 18.7 Å². The summed E-state index contributed by atoms with van der Waals surface area (Å²) < 4.78 is 20.5. The monoisotopic (exact) mass is 567 g/mol. The fraction of sp³-hybridized carbons (Fsp3) is 0.273. The largest absolute Gasteiger partial charge is 0.449 e. The molecule has 0 fully saturated rings. The molecular formula is C22H26BrN5O4S2. The van der Waals surface area contributed by atoms with E-state index in [0.717, 1.165) is 17.5 Å². The van der Waals surface area contributed by atoms with Crippen molar-refractivity contribution in [3.8, 4) is 11.1 Å². The Morgan fingerprint density at radius 1 is 1.35 bits per heavy atom. The molecule has 2 heterocycles. The summed E-state index contributed by atoms with van der Waals surface area (Å²) in [6.45, 7) is 3.77. The van der Waals surface area contributed by atoms with Crippen LogP contribution in [0, 0.1) is 0 Å². The Balaban J connectivity index is 1.86. The van der Waals surface area contributed by atoms with Gasteiger partial charge in [-0.1, -0.05) is 6.92 Å². The number of hydrogen-bond donors (Lipinski definition) is 4. The van der Waals surface area contributed by atoms with Gasteiger partial charge in [-0.2, -0.15) is 16.3 Å². The number of nitrogens with one attached hydrogen (secondary N) is 3. The minimum Gasteiger partial charge on any atom is -0.449 e. The van der Waals surface area contributed by atoms with Crippen LogP contribution in [-0.2, 0) is 14.4 Å². The van der Waals surface area contributed by atoms with E-state index in [-0.39, 0.29) is 19.3 Å². The Labute approximate surface area is 211 Å². The number of aromatic nitrogens is 2. The highest BCUT2D eigenvalue weighted by atomic mass is 79.9. The fourth-order valence-corrected chi connectivity index (χ4v) is 5.90. The van der Waals surface area contributed by atoms with Crippen molar-refractivity contribution in [1.29, 1.82) is 0 Å². The third-order valence-corrected chi connectivity index (χ3v) is 7.91. The summed E-state index contributed by atoms with van der Waals surface area (Å²) in [5.74, 6) is 4.58.